The van der Waals surface area contributed by atoms with Crippen LogP contribution in [-0.2, 0) is 32.6 Å². The predicted molar refractivity (Wildman–Crippen MR) is 122 cm³/mol. The summed E-state index contributed by atoms with van der Waals surface area (Å²) >= 11 is 5.93. The van der Waals surface area contributed by atoms with Crippen LogP contribution < -0.4 is 5.32 Å². The molecule has 9 heteroatoms. The third-order valence-electron chi connectivity index (χ3n) is 4.91. The van der Waals surface area contributed by atoms with Gasteiger partial charge in [0.1, 0.15) is 6.04 Å². The molecule has 2 aromatic rings. The van der Waals surface area contributed by atoms with E-state index in [-0.39, 0.29) is 19.0 Å². The van der Waals surface area contributed by atoms with Crippen molar-refractivity contribution >= 4 is 33.4 Å². The Morgan fingerprint density at radius 3 is 2.23 bits per heavy atom. The minimum Gasteiger partial charge on any atom is -0.354 e. The maximum absolute atomic E-state index is 12.9. The van der Waals surface area contributed by atoms with Crippen LogP contribution in [0.1, 0.15) is 18.1 Å². The van der Waals surface area contributed by atoms with E-state index in [9.17, 15) is 18.0 Å². The van der Waals surface area contributed by atoms with Crippen LogP contribution in [-0.4, -0.2) is 61.9 Å². The number of rotatable bonds is 10. The Bertz CT molecular complexity index is 982. The lowest BCUT2D eigenvalue weighted by molar-refractivity contribution is -0.140. The second kappa shape index (κ2) is 11.3. The Labute approximate surface area is 189 Å². The summed E-state index contributed by atoms with van der Waals surface area (Å²) in [6.07, 6.45) is 1.70. The van der Waals surface area contributed by atoms with Crippen molar-refractivity contribution in [2.24, 2.45) is 0 Å². The lowest BCUT2D eigenvalue weighted by atomic mass is 10.1. The lowest BCUT2D eigenvalue weighted by Crippen LogP contribution is -2.50. The van der Waals surface area contributed by atoms with E-state index in [0.717, 1.165) is 21.7 Å². The van der Waals surface area contributed by atoms with Crippen molar-refractivity contribution in [1.82, 2.24) is 14.5 Å². The number of likely N-dealkylation sites (N-methyl/N-ethyl adjacent to an activating group) is 1. The van der Waals surface area contributed by atoms with Crippen molar-refractivity contribution in [2.45, 2.75) is 25.9 Å². The van der Waals surface area contributed by atoms with E-state index in [0.29, 0.717) is 18.0 Å². The molecule has 31 heavy (non-hydrogen) atoms. The molecule has 0 radical (unpaired) electrons. The van der Waals surface area contributed by atoms with Crippen molar-refractivity contribution in [1.29, 1.82) is 0 Å². The van der Waals surface area contributed by atoms with E-state index < -0.39 is 22.0 Å². The highest BCUT2D eigenvalue weighted by molar-refractivity contribution is 7.88. The highest BCUT2D eigenvalue weighted by atomic mass is 35.5. The van der Waals surface area contributed by atoms with Gasteiger partial charge in [-0.3, -0.25) is 9.59 Å². The molecule has 7 nitrogen and oxygen atoms in total. The first-order valence-corrected chi connectivity index (χ1v) is 12.1. The fourth-order valence-corrected chi connectivity index (χ4v) is 3.36. The Balaban J connectivity index is 2.10. The molecular formula is C22H28ClN3O4S. The van der Waals surface area contributed by atoms with E-state index in [1.807, 2.05) is 30.3 Å². The summed E-state index contributed by atoms with van der Waals surface area (Å²) in [4.78, 5) is 27.1. The van der Waals surface area contributed by atoms with E-state index in [2.05, 4.69) is 5.32 Å². The maximum Gasteiger partial charge on any atom is 0.242 e. The molecule has 2 aromatic carbocycles. The summed E-state index contributed by atoms with van der Waals surface area (Å²) in [6.45, 7) is 1.86. The van der Waals surface area contributed by atoms with Gasteiger partial charge < -0.3 is 10.2 Å². The molecule has 0 bridgehead atoms. The average molecular weight is 466 g/mol. The molecule has 0 aromatic heterocycles. The Morgan fingerprint density at radius 1 is 1.03 bits per heavy atom. The molecule has 0 heterocycles. The summed E-state index contributed by atoms with van der Waals surface area (Å²) < 4.78 is 24.4. The summed E-state index contributed by atoms with van der Waals surface area (Å²) in [6, 6.07) is 15.9. The fourth-order valence-electron chi connectivity index (χ4n) is 2.89. The predicted octanol–water partition coefficient (Wildman–Crippen LogP) is 2.31. The molecule has 0 aliphatic heterocycles. The molecule has 0 fully saturated rings. The highest BCUT2D eigenvalue weighted by Gasteiger charge is 2.28. The summed E-state index contributed by atoms with van der Waals surface area (Å²) in [5.74, 6) is -0.770. The molecule has 0 spiro atoms. The van der Waals surface area contributed by atoms with Crippen molar-refractivity contribution in [2.75, 3.05) is 26.4 Å². The standard InChI is InChI=1S/C22H28ClN3O4S/c1-17(22(28)24-14-13-18-7-5-4-6-8-18)26(15-19-9-11-20(23)12-10-19)21(27)16-25(2)31(3,29)30/h4-12,17H,13-16H2,1-3H3,(H,24,28)/t17-/m0/s1. The van der Waals surface area contributed by atoms with Crippen molar-refractivity contribution in [3.8, 4) is 0 Å². The number of carbonyl (C=O) groups excluding carboxylic acids is 2. The van der Waals surface area contributed by atoms with Gasteiger partial charge >= 0.3 is 0 Å². The quantitative estimate of drug-likeness (QED) is 0.583. The molecule has 2 rings (SSSR count). The smallest absolute Gasteiger partial charge is 0.242 e. The second-order valence-electron chi connectivity index (χ2n) is 7.37. The van der Waals surface area contributed by atoms with Gasteiger partial charge in [-0.25, -0.2) is 8.42 Å². The fraction of sp³-hybridized carbons (Fsp3) is 0.364. The summed E-state index contributed by atoms with van der Waals surface area (Å²) in [5, 5.41) is 3.42. The average Bonchev–Trinajstić information content (AvgIpc) is 2.72. The minimum atomic E-state index is -3.53. The van der Waals surface area contributed by atoms with Gasteiger partial charge in [0.25, 0.3) is 0 Å². The van der Waals surface area contributed by atoms with Crippen LogP contribution in [0.3, 0.4) is 0 Å². The molecular weight excluding hydrogens is 438 g/mol. The topological polar surface area (TPSA) is 86.8 Å². The van der Waals surface area contributed by atoms with E-state index in [4.69, 9.17) is 11.6 Å². The molecule has 0 saturated carbocycles. The Morgan fingerprint density at radius 2 is 1.65 bits per heavy atom. The SMILES string of the molecule is C[C@@H](C(=O)NCCc1ccccc1)N(Cc1ccc(Cl)cc1)C(=O)CN(C)S(C)(=O)=O. The summed E-state index contributed by atoms with van der Waals surface area (Å²) in [7, 11) is -2.20. The third kappa shape index (κ3) is 7.97. The molecule has 0 aliphatic rings. The number of amides is 2. The second-order valence-corrected chi connectivity index (χ2v) is 9.90. The first-order valence-electron chi connectivity index (χ1n) is 9.85. The largest absolute Gasteiger partial charge is 0.354 e. The van der Waals surface area contributed by atoms with Gasteiger partial charge in [-0.2, -0.15) is 4.31 Å². The number of nitrogens with zero attached hydrogens (tertiary/aromatic N) is 2. The van der Waals surface area contributed by atoms with Crippen LogP contribution in [0.4, 0.5) is 0 Å². The normalized spacial score (nSPS) is 12.4. The van der Waals surface area contributed by atoms with Crippen LogP contribution in [0.15, 0.2) is 54.6 Å². The van der Waals surface area contributed by atoms with Gasteiger partial charge in [-0.15, -0.1) is 0 Å². The third-order valence-corrected chi connectivity index (χ3v) is 6.43. The first kappa shape index (κ1) is 24.8. The Kier molecular flexibility index (Phi) is 9.03. The zero-order valence-corrected chi connectivity index (χ0v) is 19.5. The highest BCUT2D eigenvalue weighted by Crippen LogP contribution is 2.14. The molecule has 0 unspecified atom stereocenters. The van der Waals surface area contributed by atoms with Gasteiger partial charge in [-0.1, -0.05) is 54.1 Å². The van der Waals surface area contributed by atoms with E-state index in [1.54, 1.807) is 31.2 Å². The van der Waals surface area contributed by atoms with Gasteiger partial charge in [0.15, 0.2) is 0 Å². The molecule has 0 saturated heterocycles. The maximum atomic E-state index is 12.9. The number of hydrogen-bond donors (Lipinski definition) is 1. The monoisotopic (exact) mass is 465 g/mol. The van der Waals surface area contributed by atoms with Crippen LogP contribution >= 0.6 is 11.6 Å². The molecule has 1 atom stereocenters. The molecule has 0 aliphatic carbocycles. The molecule has 1 N–H and O–H groups in total. The molecule has 2 amide bonds. The number of hydrogen-bond acceptors (Lipinski definition) is 4. The zero-order valence-electron chi connectivity index (χ0n) is 17.9. The van der Waals surface area contributed by atoms with Crippen LogP contribution in [0, 0.1) is 0 Å². The van der Waals surface area contributed by atoms with Crippen molar-refractivity contribution < 1.29 is 18.0 Å². The van der Waals surface area contributed by atoms with Crippen LogP contribution in [0.5, 0.6) is 0 Å². The van der Waals surface area contributed by atoms with Gasteiger partial charge in [0.05, 0.1) is 12.8 Å². The number of benzene rings is 2. The number of halogens is 1. The number of sulfonamides is 1. The zero-order chi connectivity index (χ0) is 23.0. The molecule has 168 valence electrons. The van der Waals surface area contributed by atoms with Crippen LogP contribution in [0.2, 0.25) is 5.02 Å². The van der Waals surface area contributed by atoms with E-state index in [1.165, 1.54) is 11.9 Å². The number of carbonyl (C=O) groups is 2. The lowest BCUT2D eigenvalue weighted by Gasteiger charge is -2.30. The van der Waals surface area contributed by atoms with Gasteiger partial charge in [-0.05, 0) is 36.6 Å². The van der Waals surface area contributed by atoms with Gasteiger partial charge in [0.2, 0.25) is 21.8 Å². The minimum absolute atomic E-state index is 0.154. The van der Waals surface area contributed by atoms with Crippen molar-refractivity contribution in [3.05, 3.63) is 70.7 Å². The Hall–Kier alpha value is -2.42. The first-order chi connectivity index (χ1) is 14.6. The van der Waals surface area contributed by atoms with E-state index >= 15 is 0 Å². The van der Waals surface area contributed by atoms with Crippen LogP contribution in [0.25, 0.3) is 0 Å². The summed E-state index contributed by atoms with van der Waals surface area (Å²) in [5.41, 5.74) is 1.88. The van der Waals surface area contributed by atoms with Gasteiger partial charge in [0, 0.05) is 25.2 Å². The van der Waals surface area contributed by atoms with Crippen molar-refractivity contribution in [3.63, 3.8) is 0 Å². The number of nitrogens with one attached hydrogen (secondary N) is 1.